The average Bonchev–Trinajstić information content (AvgIpc) is 2.41. The van der Waals surface area contributed by atoms with Crippen LogP contribution in [0, 0.1) is 18.3 Å². The highest BCUT2D eigenvalue weighted by Crippen LogP contribution is 2.32. The number of nitrogens with zero attached hydrogens (tertiary/aromatic N) is 2. The first-order valence-electron chi connectivity index (χ1n) is 5.40. The molecule has 6 heteroatoms. The molecular formula is C13H10BrClN4. The van der Waals surface area contributed by atoms with Crippen LogP contribution in [0.25, 0.3) is 0 Å². The van der Waals surface area contributed by atoms with Crippen molar-refractivity contribution < 1.29 is 0 Å². The van der Waals surface area contributed by atoms with Gasteiger partial charge in [0.15, 0.2) is 0 Å². The summed E-state index contributed by atoms with van der Waals surface area (Å²) in [6.45, 7) is 1.89. The lowest BCUT2D eigenvalue weighted by Gasteiger charge is -2.12. The largest absolute Gasteiger partial charge is 0.397 e. The smallest absolute Gasteiger partial charge is 0.145 e. The van der Waals surface area contributed by atoms with Crippen molar-refractivity contribution >= 4 is 44.7 Å². The third-order valence-corrected chi connectivity index (χ3v) is 3.95. The van der Waals surface area contributed by atoms with Gasteiger partial charge in [0.2, 0.25) is 0 Å². The first kappa shape index (κ1) is 13.7. The summed E-state index contributed by atoms with van der Waals surface area (Å²) in [5.41, 5.74) is 8.42. The third-order valence-electron chi connectivity index (χ3n) is 2.65. The fraction of sp³-hybridized carbons (Fsp3) is 0.0769. The van der Waals surface area contributed by atoms with E-state index in [-0.39, 0.29) is 0 Å². The molecule has 1 aromatic carbocycles. The number of hydrogen-bond acceptors (Lipinski definition) is 4. The van der Waals surface area contributed by atoms with Crippen LogP contribution in [-0.4, -0.2) is 4.98 Å². The van der Waals surface area contributed by atoms with Crippen LogP contribution in [-0.2, 0) is 0 Å². The Morgan fingerprint density at radius 3 is 2.89 bits per heavy atom. The highest BCUT2D eigenvalue weighted by atomic mass is 79.9. The standard InChI is InChI=1S/C13H10BrClN4/c1-7-10(17)6-18-13(12(7)14)19-11-4-8(5-16)2-3-9(11)15/h2-4,6H,17H2,1H3,(H,18,19). The molecule has 19 heavy (non-hydrogen) atoms. The zero-order chi connectivity index (χ0) is 14.0. The van der Waals surface area contributed by atoms with E-state index in [1.807, 2.05) is 6.92 Å². The van der Waals surface area contributed by atoms with Crippen molar-refractivity contribution in [2.75, 3.05) is 11.1 Å². The van der Waals surface area contributed by atoms with Gasteiger partial charge in [-0.25, -0.2) is 4.98 Å². The van der Waals surface area contributed by atoms with Gasteiger partial charge in [0.25, 0.3) is 0 Å². The molecule has 4 nitrogen and oxygen atoms in total. The number of nitrogen functional groups attached to an aromatic ring is 1. The Morgan fingerprint density at radius 2 is 2.21 bits per heavy atom. The lowest BCUT2D eigenvalue weighted by atomic mass is 10.2. The molecule has 0 unspecified atom stereocenters. The second kappa shape index (κ2) is 5.47. The Labute approximate surface area is 124 Å². The number of anilines is 3. The molecule has 3 N–H and O–H groups in total. The second-order valence-electron chi connectivity index (χ2n) is 3.93. The Hall–Kier alpha value is -1.77. The zero-order valence-electron chi connectivity index (χ0n) is 10.0. The number of aromatic nitrogens is 1. The van der Waals surface area contributed by atoms with Crippen molar-refractivity contribution in [3.05, 3.63) is 45.0 Å². The number of nitriles is 1. The molecule has 2 aromatic rings. The maximum atomic E-state index is 8.89. The molecule has 0 spiro atoms. The Kier molecular flexibility index (Phi) is 3.93. The molecule has 0 fully saturated rings. The van der Waals surface area contributed by atoms with Crippen molar-refractivity contribution in [1.82, 2.24) is 4.98 Å². The van der Waals surface area contributed by atoms with Gasteiger partial charge in [0.05, 0.1) is 38.7 Å². The average molecular weight is 338 g/mol. The van der Waals surface area contributed by atoms with Gasteiger partial charge in [-0.1, -0.05) is 11.6 Å². The first-order valence-corrected chi connectivity index (χ1v) is 6.57. The summed E-state index contributed by atoms with van der Waals surface area (Å²) >= 11 is 9.52. The first-order chi connectivity index (χ1) is 9.02. The van der Waals surface area contributed by atoms with E-state index in [1.165, 1.54) is 0 Å². The van der Waals surface area contributed by atoms with Gasteiger partial charge in [-0.15, -0.1) is 0 Å². The summed E-state index contributed by atoms with van der Waals surface area (Å²) in [6.07, 6.45) is 1.57. The highest BCUT2D eigenvalue weighted by molar-refractivity contribution is 9.10. The van der Waals surface area contributed by atoms with Crippen molar-refractivity contribution in [2.45, 2.75) is 6.92 Å². The number of halogens is 2. The summed E-state index contributed by atoms with van der Waals surface area (Å²) in [7, 11) is 0. The molecule has 1 aromatic heterocycles. The summed E-state index contributed by atoms with van der Waals surface area (Å²) in [5.74, 6) is 0.601. The van der Waals surface area contributed by atoms with Crippen LogP contribution >= 0.6 is 27.5 Å². The predicted molar refractivity (Wildman–Crippen MR) is 80.5 cm³/mol. The number of benzene rings is 1. The lowest BCUT2D eigenvalue weighted by Crippen LogP contribution is -2.00. The molecule has 0 saturated heterocycles. The molecule has 0 saturated carbocycles. The van der Waals surface area contributed by atoms with Gasteiger partial charge in [-0.2, -0.15) is 5.26 Å². The van der Waals surface area contributed by atoms with Gasteiger partial charge in [-0.05, 0) is 46.6 Å². The quantitative estimate of drug-likeness (QED) is 0.868. The lowest BCUT2D eigenvalue weighted by molar-refractivity contribution is 1.25. The molecule has 0 aliphatic heterocycles. The molecule has 1 heterocycles. The summed E-state index contributed by atoms with van der Waals surface area (Å²) in [5, 5.41) is 12.5. The van der Waals surface area contributed by atoms with E-state index in [9.17, 15) is 0 Å². The minimum Gasteiger partial charge on any atom is -0.397 e. The fourth-order valence-electron chi connectivity index (χ4n) is 1.50. The summed E-state index contributed by atoms with van der Waals surface area (Å²) in [4.78, 5) is 4.21. The van der Waals surface area contributed by atoms with E-state index in [4.69, 9.17) is 22.6 Å². The fourth-order valence-corrected chi connectivity index (χ4v) is 2.09. The van der Waals surface area contributed by atoms with Crippen LogP contribution < -0.4 is 11.1 Å². The molecule has 2 rings (SSSR count). The van der Waals surface area contributed by atoms with Crippen LogP contribution in [0.2, 0.25) is 5.02 Å². The SMILES string of the molecule is Cc1c(N)cnc(Nc2cc(C#N)ccc2Cl)c1Br. The van der Waals surface area contributed by atoms with E-state index in [1.54, 1.807) is 24.4 Å². The van der Waals surface area contributed by atoms with Gasteiger partial charge >= 0.3 is 0 Å². The molecule has 0 aliphatic carbocycles. The number of rotatable bonds is 2. The normalized spacial score (nSPS) is 10.0. The van der Waals surface area contributed by atoms with Crippen LogP contribution in [0.1, 0.15) is 11.1 Å². The second-order valence-corrected chi connectivity index (χ2v) is 5.13. The van der Waals surface area contributed by atoms with Gasteiger partial charge < -0.3 is 11.1 Å². The van der Waals surface area contributed by atoms with Crippen molar-refractivity contribution in [3.63, 3.8) is 0 Å². The van der Waals surface area contributed by atoms with Gasteiger partial charge in [0, 0.05) is 0 Å². The molecule has 0 bridgehead atoms. The molecule has 0 radical (unpaired) electrons. The highest BCUT2D eigenvalue weighted by Gasteiger charge is 2.10. The van der Waals surface area contributed by atoms with Crippen LogP contribution in [0.15, 0.2) is 28.9 Å². The predicted octanol–water partition coefficient (Wildman–Crippen LogP) is 4.00. The Balaban J connectivity index is 2.42. The van der Waals surface area contributed by atoms with Crippen molar-refractivity contribution in [3.8, 4) is 6.07 Å². The van der Waals surface area contributed by atoms with Crippen LogP contribution in [0.4, 0.5) is 17.2 Å². The van der Waals surface area contributed by atoms with Crippen LogP contribution in [0.5, 0.6) is 0 Å². The third kappa shape index (κ3) is 2.80. The maximum Gasteiger partial charge on any atom is 0.145 e. The topological polar surface area (TPSA) is 74.7 Å². The van der Waals surface area contributed by atoms with E-state index in [2.05, 4.69) is 32.3 Å². The summed E-state index contributed by atoms with van der Waals surface area (Å²) in [6, 6.07) is 7.06. The minimum absolute atomic E-state index is 0.516. The van der Waals surface area contributed by atoms with Gasteiger partial charge in [0.1, 0.15) is 5.82 Å². The molecule has 0 atom stereocenters. The summed E-state index contributed by atoms with van der Waals surface area (Å²) < 4.78 is 0.769. The number of nitrogens with one attached hydrogen (secondary N) is 1. The maximum absolute atomic E-state index is 8.89. The number of nitrogens with two attached hydrogens (primary N) is 1. The Bertz CT molecular complexity index is 679. The van der Waals surface area contributed by atoms with E-state index >= 15 is 0 Å². The van der Waals surface area contributed by atoms with Crippen LogP contribution in [0.3, 0.4) is 0 Å². The van der Waals surface area contributed by atoms with Crippen molar-refractivity contribution in [1.29, 1.82) is 5.26 Å². The van der Waals surface area contributed by atoms with E-state index in [0.717, 1.165) is 10.0 Å². The van der Waals surface area contributed by atoms with Crippen molar-refractivity contribution in [2.24, 2.45) is 0 Å². The number of hydrogen-bond donors (Lipinski definition) is 2. The minimum atomic E-state index is 0.516. The molecule has 0 amide bonds. The van der Waals surface area contributed by atoms with Gasteiger partial charge in [-0.3, -0.25) is 0 Å². The Morgan fingerprint density at radius 1 is 1.47 bits per heavy atom. The molecule has 0 aliphatic rings. The zero-order valence-corrected chi connectivity index (χ0v) is 12.4. The monoisotopic (exact) mass is 336 g/mol. The molecular weight excluding hydrogens is 328 g/mol. The van der Waals surface area contributed by atoms with E-state index in [0.29, 0.717) is 27.8 Å². The van der Waals surface area contributed by atoms with E-state index < -0.39 is 0 Å². The number of pyridine rings is 1. The molecule has 96 valence electrons.